The third kappa shape index (κ3) is 2.78. The maximum atomic E-state index is 13.5. The first-order valence-corrected chi connectivity index (χ1v) is 6.86. The molecule has 0 saturated carbocycles. The monoisotopic (exact) mass is 356 g/mol. The molecular weight excluding hydrogens is 347 g/mol. The minimum absolute atomic E-state index is 0.123. The van der Waals surface area contributed by atoms with E-state index >= 15 is 0 Å². The molecule has 0 radical (unpaired) electrons. The van der Waals surface area contributed by atoms with Gasteiger partial charge in [0.2, 0.25) is 0 Å². The number of nitrogens with two attached hydrogens (primary N) is 1. The molecule has 0 aliphatic heterocycles. The van der Waals surface area contributed by atoms with E-state index in [1.165, 1.54) is 23.1 Å². The van der Waals surface area contributed by atoms with Crippen LogP contribution in [0.4, 0.5) is 15.8 Å². The lowest BCUT2D eigenvalue weighted by molar-refractivity contribution is 0.0992. The van der Waals surface area contributed by atoms with Crippen LogP contribution in [0.25, 0.3) is 0 Å². The molecule has 2 aromatic carbocycles. The Bertz CT molecular complexity index is 678. The summed E-state index contributed by atoms with van der Waals surface area (Å²) >= 11 is 8.98. The molecule has 1 amide bonds. The zero-order chi connectivity index (χ0) is 14.9. The molecule has 0 fully saturated rings. The number of nitrogen functional groups attached to an aromatic ring is 1. The first-order valence-electron chi connectivity index (χ1n) is 5.69. The van der Waals surface area contributed by atoms with Crippen LogP contribution in [-0.2, 0) is 0 Å². The van der Waals surface area contributed by atoms with Crippen LogP contribution < -0.4 is 10.6 Å². The van der Waals surface area contributed by atoms with E-state index in [0.717, 1.165) is 0 Å². The molecule has 0 spiro atoms. The standard InChI is InChI=1S/C14H11BrClFN2O/c1-19(12-7-8(16)5-6-11(12)18)14(20)9-3-2-4-10(17)13(9)15/h2-7H,18H2,1H3. The quantitative estimate of drug-likeness (QED) is 0.823. The van der Waals surface area contributed by atoms with Gasteiger partial charge in [-0.1, -0.05) is 17.7 Å². The van der Waals surface area contributed by atoms with Gasteiger partial charge in [0.15, 0.2) is 0 Å². The lowest BCUT2D eigenvalue weighted by atomic mass is 10.1. The average molecular weight is 358 g/mol. The Labute approximate surface area is 129 Å². The Morgan fingerprint density at radius 1 is 1.35 bits per heavy atom. The number of halogens is 3. The topological polar surface area (TPSA) is 46.3 Å². The summed E-state index contributed by atoms with van der Waals surface area (Å²) in [6, 6.07) is 9.12. The van der Waals surface area contributed by atoms with Crippen LogP contribution in [0.1, 0.15) is 10.4 Å². The fraction of sp³-hybridized carbons (Fsp3) is 0.0714. The second-order valence-electron chi connectivity index (χ2n) is 4.17. The molecule has 0 saturated heterocycles. The number of benzene rings is 2. The molecule has 0 unspecified atom stereocenters. The normalized spacial score (nSPS) is 10.4. The van der Waals surface area contributed by atoms with E-state index in [0.29, 0.717) is 16.4 Å². The van der Waals surface area contributed by atoms with Gasteiger partial charge in [0.1, 0.15) is 5.82 Å². The van der Waals surface area contributed by atoms with E-state index in [9.17, 15) is 9.18 Å². The van der Waals surface area contributed by atoms with E-state index in [1.54, 1.807) is 25.2 Å². The molecule has 0 bridgehead atoms. The number of carbonyl (C=O) groups is 1. The van der Waals surface area contributed by atoms with Crippen molar-refractivity contribution in [1.82, 2.24) is 0 Å². The summed E-state index contributed by atoms with van der Waals surface area (Å²) in [5.74, 6) is -0.881. The van der Waals surface area contributed by atoms with Crippen LogP contribution in [0, 0.1) is 5.82 Å². The van der Waals surface area contributed by atoms with Crippen molar-refractivity contribution in [2.45, 2.75) is 0 Å². The van der Waals surface area contributed by atoms with Crippen molar-refractivity contribution < 1.29 is 9.18 Å². The van der Waals surface area contributed by atoms with Gasteiger partial charge in [-0.05, 0) is 46.3 Å². The summed E-state index contributed by atoms with van der Waals surface area (Å²) in [6.07, 6.45) is 0. The van der Waals surface area contributed by atoms with E-state index in [2.05, 4.69) is 15.9 Å². The SMILES string of the molecule is CN(C(=O)c1cccc(F)c1Br)c1cc(Cl)ccc1N. The summed E-state index contributed by atoms with van der Waals surface area (Å²) in [5.41, 5.74) is 6.94. The molecule has 0 aliphatic rings. The van der Waals surface area contributed by atoms with Gasteiger partial charge in [0.25, 0.3) is 5.91 Å². The van der Waals surface area contributed by atoms with Gasteiger partial charge in [-0.2, -0.15) is 0 Å². The summed E-state index contributed by atoms with van der Waals surface area (Å²) in [6.45, 7) is 0. The van der Waals surface area contributed by atoms with Crippen LogP contribution in [0.15, 0.2) is 40.9 Å². The highest BCUT2D eigenvalue weighted by atomic mass is 79.9. The number of amides is 1. The van der Waals surface area contributed by atoms with E-state index in [-0.39, 0.29) is 15.9 Å². The predicted octanol–water partition coefficient (Wildman–Crippen LogP) is 4.10. The predicted molar refractivity (Wildman–Crippen MR) is 82.7 cm³/mol. The smallest absolute Gasteiger partial charge is 0.259 e. The van der Waals surface area contributed by atoms with E-state index in [4.69, 9.17) is 17.3 Å². The molecule has 0 aliphatic carbocycles. The highest BCUT2D eigenvalue weighted by Gasteiger charge is 2.19. The second kappa shape index (κ2) is 5.81. The molecule has 0 aromatic heterocycles. The molecule has 2 aromatic rings. The Hall–Kier alpha value is -1.59. The largest absolute Gasteiger partial charge is 0.397 e. The number of rotatable bonds is 2. The number of hydrogen-bond donors (Lipinski definition) is 1. The number of nitrogens with zero attached hydrogens (tertiary/aromatic N) is 1. The number of carbonyl (C=O) groups excluding carboxylic acids is 1. The van der Waals surface area contributed by atoms with Crippen molar-refractivity contribution >= 4 is 44.8 Å². The second-order valence-corrected chi connectivity index (χ2v) is 5.40. The summed E-state index contributed by atoms with van der Waals surface area (Å²) < 4.78 is 13.6. The minimum atomic E-state index is -0.497. The molecule has 0 atom stereocenters. The van der Waals surface area contributed by atoms with Gasteiger partial charge >= 0.3 is 0 Å². The zero-order valence-corrected chi connectivity index (χ0v) is 12.9. The third-order valence-electron chi connectivity index (χ3n) is 2.84. The van der Waals surface area contributed by atoms with Gasteiger partial charge in [-0.25, -0.2) is 4.39 Å². The van der Waals surface area contributed by atoms with E-state index in [1.807, 2.05) is 0 Å². The van der Waals surface area contributed by atoms with Gasteiger partial charge < -0.3 is 10.6 Å². The van der Waals surface area contributed by atoms with Crippen molar-refractivity contribution in [3.05, 3.63) is 57.3 Å². The van der Waals surface area contributed by atoms with Gasteiger partial charge in [0, 0.05) is 12.1 Å². The third-order valence-corrected chi connectivity index (χ3v) is 3.88. The van der Waals surface area contributed by atoms with E-state index < -0.39 is 5.82 Å². The van der Waals surface area contributed by atoms with Gasteiger partial charge in [0.05, 0.1) is 21.4 Å². The number of hydrogen-bond acceptors (Lipinski definition) is 2. The first kappa shape index (κ1) is 14.8. The van der Waals surface area contributed by atoms with Gasteiger partial charge in [-0.15, -0.1) is 0 Å². The van der Waals surface area contributed by atoms with Crippen molar-refractivity contribution in [1.29, 1.82) is 0 Å². The molecule has 6 heteroatoms. The van der Waals surface area contributed by atoms with Crippen molar-refractivity contribution in [3.8, 4) is 0 Å². The fourth-order valence-corrected chi connectivity index (χ4v) is 2.37. The molecule has 3 nitrogen and oxygen atoms in total. The van der Waals surface area contributed by atoms with Crippen LogP contribution in [-0.4, -0.2) is 13.0 Å². The average Bonchev–Trinajstić information content (AvgIpc) is 2.43. The molecule has 104 valence electrons. The highest BCUT2D eigenvalue weighted by Crippen LogP contribution is 2.29. The number of anilines is 2. The van der Waals surface area contributed by atoms with Crippen LogP contribution in [0.2, 0.25) is 5.02 Å². The Kier molecular flexibility index (Phi) is 4.30. The van der Waals surface area contributed by atoms with Crippen molar-refractivity contribution in [2.75, 3.05) is 17.7 Å². The van der Waals surface area contributed by atoms with Crippen molar-refractivity contribution in [3.63, 3.8) is 0 Å². The molecule has 2 N–H and O–H groups in total. The highest BCUT2D eigenvalue weighted by molar-refractivity contribution is 9.10. The molecule has 2 rings (SSSR count). The summed E-state index contributed by atoms with van der Waals surface area (Å²) in [4.78, 5) is 13.7. The minimum Gasteiger partial charge on any atom is -0.397 e. The first-order chi connectivity index (χ1) is 9.41. The Balaban J connectivity index is 2.43. The maximum Gasteiger partial charge on any atom is 0.259 e. The van der Waals surface area contributed by atoms with Crippen LogP contribution >= 0.6 is 27.5 Å². The van der Waals surface area contributed by atoms with Gasteiger partial charge in [-0.3, -0.25) is 4.79 Å². The van der Waals surface area contributed by atoms with Crippen molar-refractivity contribution in [2.24, 2.45) is 0 Å². The summed E-state index contributed by atoms with van der Waals surface area (Å²) in [5, 5.41) is 0.465. The lowest BCUT2D eigenvalue weighted by Gasteiger charge is -2.20. The molecule has 0 heterocycles. The fourth-order valence-electron chi connectivity index (χ4n) is 1.77. The van der Waals surface area contributed by atoms with Crippen LogP contribution in [0.5, 0.6) is 0 Å². The summed E-state index contributed by atoms with van der Waals surface area (Å²) in [7, 11) is 1.56. The lowest BCUT2D eigenvalue weighted by Crippen LogP contribution is -2.27. The van der Waals surface area contributed by atoms with Crippen LogP contribution in [0.3, 0.4) is 0 Å². The Morgan fingerprint density at radius 2 is 2.05 bits per heavy atom. The molecule has 20 heavy (non-hydrogen) atoms. The molecular formula is C14H11BrClFN2O. The maximum absolute atomic E-state index is 13.5. The zero-order valence-electron chi connectivity index (χ0n) is 10.5. The Morgan fingerprint density at radius 3 is 2.75 bits per heavy atom.